The highest BCUT2D eigenvalue weighted by molar-refractivity contribution is 9.10. The van der Waals surface area contributed by atoms with Crippen molar-refractivity contribution in [3.05, 3.63) is 52.6 Å². The molecule has 1 heterocycles. The van der Waals surface area contributed by atoms with Crippen LogP contribution in [0.5, 0.6) is 0 Å². The Kier molecular flexibility index (Phi) is 4.92. The summed E-state index contributed by atoms with van der Waals surface area (Å²) in [6, 6.07) is 11.3. The number of nitrogens with one attached hydrogen (secondary N) is 1. The summed E-state index contributed by atoms with van der Waals surface area (Å²) in [5, 5.41) is 3.17. The first-order chi connectivity index (χ1) is 10.2. The quantitative estimate of drug-likeness (QED) is 0.857. The van der Waals surface area contributed by atoms with E-state index < -0.39 is 9.84 Å². The molecule has 1 aromatic heterocycles. The largest absolute Gasteiger partial charge is 0.368 e. The molecule has 118 valence electrons. The van der Waals surface area contributed by atoms with Crippen molar-refractivity contribution in [2.45, 2.75) is 24.2 Å². The van der Waals surface area contributed by atoms with Crippen molar-refractivity contribution in [2.75, 3.05) is 18.1 Å². The van der Waals surface area contributed by atoms with E-state index in [9.17, 15) is 8.42 Å². The minimum atomic E-state index is -3.30. The van der Waals surface area contributed by atoms with Gasteiger partial charge in [-0.3, -0.25) is 0 Å². The number of sulfone groups is 1. The smallest absolute Gasteiger partial charge is 0.179 e. The van der Waals surface area contributed by atoms with Crippen LogP contribution in [0.4, 0.5) is 5.82 Å². The van der Waals surface area contributed by atoms with Gasteiger partial charge in [-0.25, -0.2) is 13.4 Å². The van der Waals surface area contributed by atoms with Crippen molar-refractivity contribution in [2.24, 2.45) is 0 Å². The fraction of sp³-hybridized carbons (Fsp3) is 0.312. The Balaban J connectivity index is 2.21. The van der Waals surface area contributed by atoms with Crippen molar-refractivity contribution in [1.29, 1.82) is 0 Å². The second-order valence-electron chi connectivity index (χ2n) is 5.87. The van der Waals surface area contributed by atoms with E-state index in [0.717, 1.165) is 4.47 Å². The summed E-state index contributed by atoms with van der Waals surface area (Å²) in [7, 11) is -3.30. The van der Waals surface area contributed by atoms with Gasteiger partial charge in [0.25, 0.3) is 0 Å². The van der Waals surface area contributed by atoms with Crippen LogP contribution in [0.1, 0.15) is 19.4 Å². The fourth-order valence-corrected chi connectivity index (χ4v) is 3.20. The minimum absolute atomic E-state index is 0.160. The van der Waals surface area contributed by atoms with E-state index in [2.05, 4.69) is 52.2 Å². The number of nitrogens with zero attached hydrogens (tertiary/aromatic N) is 1. The average Bonchev–Trinajstić information content (AvgIpc) is 2.45. The standard InChI is InChI=1S/C16H19BrN2O2S/c1-16(2,12-6-8-13(17)9-7-12)11-19-15-14(22(3,20)21)5-4-10-18-15/h4-10H,11H2,1-3H3,(H,18,19). The Morgan fingerprint density at radius 1 is 1.18 bits per heavy atom. The minimum Gasteiger partial charge on any atom is -0.368 e. The van der Waals surface area contributed by atoms with Gasteiger partial charge in [-0.2, -0.15) is 0 Å². The van der Waals surface area contributed by atoms with Crippen LogP contribution in [0.2, 0.25) is 0 Å². The van der Waals surface area contributed by atoms with Gasteiger partial charge in [-0.05, 0) is 29.8 Å². The topological polar surface area (TPSA) is 59.1 Å². The molecule has 0 bridgehead atoms. The SMILES string of the molecule is CC(C)(CNc1ncccc1S(C)(=O)=O)c1ccc(Br)cc1. The summed E-state index contributed by atoms with van der Waals surface area (Å²) in [4.78, 5) is 4.38. The number of halogens is 1. The van der Waals surface area contributed by atoms with Crippen molar-refractivity contribution in [1.82, 2.24) is 4.98 Å². The molecule has 1 N–H and O–H groups in total. The number of rotatable bonds is 5. The zero-order valence-electron chi connectivity index (χ0n) is 12.8. The molecule has 0 amide bonds. The van der Waals surface area contributed by atoms with Gasteiger partial charge in [-0.1, -0.05) is 41.9 Å². The van der Waals surface area contributed by atoms with Crippen molar-refractivity contribution in [3.8, 4) is 0 Å². The van der Waals surface area contributed by atoms with Crippen LogP contribution in [0, 0.1) is 0 Å². The lowest BCUT2D eigenvalue weighted by Crippen LogP contribution is -2.28. The summed E-state index contributed by atoms with van der Waals surface area (Å²) in [6.07, 6.45) is 2.78. The number of anilines is 1. The molecule has 4 nitrogen and oxygen atoms in total. The molecular weight excluding hydrogens is 364 g/mol. The van der Waals surface area contributed by atoms with Gasteiger partial charge in [-0.15, -0.1) is 0 Å². The second kappa shape index (κ2) is 6.38. The summed E-state index contributed by atoms with van der Waals surface area (Å²) in [5.74, 6) is 0.398. The monoisotopic (exact) mass is 382 g/mol. The van der Waals surface area contributed by atoms with Crippen molar-refractivity contribution < 1.29 is 8.42 Å². The Labute approximate surface area is 140 Å². The molecule has 2 rings (SSSR count). The third-order valence-corrected chi connectivity index (χ3v) is 5.15. The number of benzene rings is 1. The van der Waals surface area contributed by atoms with Gasteiger partial charge in [0.15, 0.2) is 9.84 Å². The lowest BCUT2D eigenvalue weighted by Gasteiger charge is -2.26. The number of hydrogen-bond donors (Lipinski definition) is 1. The summed E-state index contributed by atoms with van der Waals surface area (Å²) < 4.78 is 24.6. The molecule has 0 spiro atoms. The van der Waals surface area contributed by atoms with Crippen LogP contribution < -0.4 is 5.32 Å². The fourth-order valence-electron chi connectivity index (χ4n) is 2.13. The van der Waals surface area contributed by atoms with Crippen LogP contribution >= 0.6 is 15.9 Å². The number of aromatic nitrogens is 1. The molecule has 6 heteroatoms. The molecule has 0 saturated carbocycles. The number of pyridine rings is 1. The van der Waals surface area contributed by atoms with E-state index in [1.807, 2.05) is 12.1 Å². The molecule has 1 aromatic carbocycles. The number of hydrogen-bond acceptors (Lipinski definition) is 4. The van der Waals surface area contributed by atoms with Crippen LogP contribution in [0.15, 0.2) is 52.0 Å². The van der Waals surface area contributed by atoms with Crippen LogP contribution in [0.25, 0.3) is 0 Å². The van der Waals surface area contributed by atoms with Crippen molar-refractivity contribution in [3.63, 3.8) is 0 Å². The van der Waals surface area contributed by atoms with Crippen molar-refractivity contribution >= 4 is 31.6 Å². The molecule has 0 fully saturated rings. The first kappa shape index (κ1) is 17.0. The van der Waals surface area contributed by atoms with Gasteiger partial charge < -0.3 is 5.32 Å². The normalized spacial score (nSPS) is 12.2. The molecule has 0 aliphatic carbocycles. The first-order valence-corrected chi connectivity index (χ1v) is 9.53. The maximum atomic E-state index is 11.8. The Bertz CT molecular complexity index is 756. The first-order valence-electron chi connectivity index (χ1n) is 6.85. The average molecular weight is 383 g/mol. The predicted octanol–water partition coefficient (Wildman–Crippen LogP) is 3.64. The molecule has 0 aliphatic rings. The highest BCUT2D eigenvalue weighted by Crippen LogP contribution is 2.26. The van der Waals surface area contributed by atoms with E-state index >= 15 is 0 Å². The maximum absolute atomic E-state index is 11.8. The zero-order chi connectivity index (χ0) is 16.4. The molecule has 2 aromatic rings. The second-order valence-corrected chi connectivity index (χ2v) is 8.77. The highest BCUT2D eigenvalue weighted by Gasteiger charge is 2.22. The molecule has 0 radical (unpaired) electrons. The van der Waals surface area contributed by atoms with Crippen LogP contribution in [-0.4, -0.2) is 26.2 Å². The van der Waals surface area contributed by atoms with Gasteiger partial charge in [0.05, 0.1) is 0 Å². The molecule has 0 saturated heterocycles. The lowest BCUT2D eigenvalue weighted by atomic mass is 9.84. The van der Waals surface area contributed by atoms with E-state index in [4.69, 9.17) is 0 Å². The Morgan fingerprint density at radius 3 is 2.41 bits per heavy atom. The Hall–Kier alpha value is -1.40. The van der Waals surface area contributed by atoms with Gasteiger partial charge >= 0.3 is 0 Å². The Morgan fingerprint density at radius 2 is 1.82 bits per heavy atom. The lowest BCUT2D eigenvalue weighted by molar-refractivity contribution is 0.554. The van der Waals surface area contributed by atoms with E-state index in [-0.39, 0.29) is 10.3 Å². The summed E-state index contributed by atoms with van der Waals surface area (Å²) in [6.45, 7) is 4.78. The zero-order valence-corrected chi connectivity index (χ0v) is 15.2. The highest BCUT2D eigenvalue weighted by atomic mass is 79.9. The molecule has 0 unspecified atom stereocenters. The maximum Gasteiger partial charge on any atom is 0.179 e. The molecular formula is C16H19BrN2O2S. The molecule has 22 heavy (non-hydrogen) atoms. The summed E-state index contributed by atoms with van der Waals surface area (Å²) in [5.41, 5.74) is 1.01. The van der Waals surface area contributed by atoms with E-state index in [0.29, 0.717) is 12.4 Å². The third-order valence-electron chi connectivity index (χ3n) is 3.49. The third kappa shape index (κ3) is 4.08. The van der Waals surface area contributed by atoms with Crippen LogP contribution in [-0.2, 0) is 15.3 Å². The van der Waals surface area contributed by atoms with Gasteiger partial charge in [0, 0.05) is 28.9 Å². The van der Waals surface area contributed by atoms with Gasteiger partial charge in [0.2, 0.25) is 0 Å². The summed E-state index contributed by atoms with van der Waals surface area (Å²) >= 11 is 3.43. The molecule has 0 aliphatic heterocycles. The van der Waals surface area contributed by atoms with E-state index in [1.54, 1.807) is 18.3 Å². The van der Waals surface area contributed by atoms with Crippen LogP contribution in [0.3, 0.4) is 0 Å². The van der Waals surface area contributed by atoms with Gasteiger partial charge in [0.1, 0.15) is 10.7 Å². The van der Waals surface area contributed by atoms with E-state index in [1.165, 1.54) is 11.8 Å². The predicted molar refractivity (Wildman–Crippen MR) is 93.0 cm³/mol. The molecule has 0 atom stereocenters.